The molecule has 2 heterocycles. The van der Waals surface area contributed by atoms with Gasteiger partial charge >= 0.3 is 0 Å². The van der Waals surface area contributed by atoms with Gasteiger partial charge in [-0.05, 0) is 25.8 Å². The van der Waals surface area contributed by atoms with E-state index < -0.39 is 16.4 Å². The summed E-state index contributed by atoms with van der Waals surface area (Å²) in [6.45, 7) is 2.23. The number of nitro groups is 1. The van der Waals surface area contributed by atoms with E-state index >= 15 is 0 Å². The van der Waals surface area contributed by atoms with Crippen LogP contribution in [0.4, 0.5) is 5.69 Å². The van der Waals surface area contributed by atoms with Crippen molar-refractivity contribution in [2.45, 2.75) is 25.4 Å². The number of hydrogen-bond donors (Lipinski definition) is 1. The molecule has 8 heteroatoms. The molecule has 1 aromatic heterocycles. The number of piperidine rings is 1. The standard InChI is InChI=1S/C12H14ClN3O4/c1-12(18)3-2-4-15(7-12)11(17)8-5-10(13)14-6-9(8)16(19)20/h5-6,18H,2-4,7H2,1H3. The summed E-state index contributed by atoms with van der Waals surface area (Å²) in [7, 11) is 0. The lowest BCUT2D eigenvalue weighted by molar-refractivity contribution is -0.385. The zero-order valence-electron chi connectivity index (χ0n) is 10.9. The van der Waals surface area contributed by atoms with Crippen LogP contribution in [0.15, 0.2) is 12.3 Å². The molecule has 0 spiro atoms. The number of carbonyl (C=O) groups excluding carboxylic acids is 1. The number of aliphatic hydroxyl groups is 1. The molecular formula is C12H14ClN3O4. The van der Waals surface area contributed by atoms with Gasteiger partial charge in [0.1, 0.15) is 16.9 Å². The molecule has 1 atom stereocenters. The highest BCUT2D eigenvalue weighted by Gasteiger charge is 2.33. The van der Waals surface area contributed by atoms with E-state index in [2.05, 4.69) is 4.98 Å². The van der Waals surface area contributed by atoms with Crippen molar-refractivity contribution in [3.05, 3.63) is 33.1 Å². The molecule has 1 aliphatic rings. The molecule has 1 unspecified atom stereocenters. The third-order valence-electron chi connectivity index (χ3n) is 3.24. The van der Waals surface area contributed by atoms with Gasteiger partial charge in [0.25, 0.3) is 11.6 Å². The minimum Gasteiger partial charge on any atom is -0.388 e. The van der Waals surface area contributed by atoms with Crippen LogP contribution in [-0.4, -0.2) is 44.5 Å². The normalized spacial score (nSPS) is 22.6. The number of β-amino-alcohol motifs (C(OH)–C–C–N with tert-alkyl or cyclic N) is 1. The molecule has 2 rings (SSSR count). The second kappa shape index (κ2) is 5.34. The van der Waals surface area contributed by atoms with Gasteiger partial charge in [-0.1, -0.05) is 11.6 Å². The fourth-order valence-corrected chi connectivity index (χ4v) is 2.46. The summed E-state index contributed by atoms with van der Waals surface area (Å²) in [5, 5.41) is 21.0. The number of amides is 1. The number of carbonyl (C=O) groups is 1. The molecule has 0 bridgehead atoms. The van der Waals surface area contributed by atoms with Gasteiger partial charge in [-0.2, -0.15) is 0 Å². The van der Waals surface area contributed by atoms with Gasteiger partial charge in [0.15, 0.2) is 0 Å². The smallest absolute Gasteiger partial charge is 0.300 e. The van der Waals surface area contributed by atoms with Crippen molar-refractivity contribution < 1.29 is 14.8 Å². The zero-order valence-corrected chi connectivity index (χ0v) is 11.6. The van der Waals surface area contributed by atoms with E-state index in [1.807, 2.05) is 0 Å². The fraction of sp³-hybridized carbons (Fsp3) is 0.500. The van der Waals surface area contributed by atoms with E-state index in [9.17, 15) is 20.0 Å². The van der Waals surface area contributed by atoms with Crippen molar-refractivity contribution in [2.24, 2.45) is 0 Å². The van der Waals surface area contributed by atoms with E-state index in [0.29, 0.717) is 19.4 Å². The number of nitrogens with zero attached hydrogens (tertiary/aromatic N) is 3. The topological polar surface area (TPSA) is 96.6 Å². The van der Waals surface area contributed by atoms with E-state index in [0.717, 1.165) is 6.20 Å². The molecule has 0 aromatic carbocycles. The van der Waals surface area contributed by atoms with Crippen LogP contribution in [0, 0.1) is 10.1 Å². The van der Waals surface area contributed by atoms with E-state index in [-0.39, 0.29) is 22.9 Å². The van der Waals surface area contributed by atoms with Gasteiger partial charge in [0.05, 0.1) is 10.5 Å². The molecule has 1 amide bonds. The van der Waals surface area contributed by atoms with Crippen LogP contribution >= 0.6 is 11.6 Å². The van der Waals surface area contributed by atoms with Crippen LogP contribution in [0.2, 0.25) is 5.15 Å². The van der Waals surface area contributed by atoms with E-state index in [1.54, 1.807) is 6.92 Å². The summed E-state index contributed by atoms with van der Waals surface area (Å²) < 4.78 is 0. The van der Waals surface area contributed by atoms with Crippen molar-refractivity contribution in [1.82, 2.24) is 9.88 Å². The minimum atomic E-state index is -0.973. The molecule has 108 valence electrons. The highest BCUT2D eigenvalue weighted by atomic mass is 35.5. The van der Waals surface area contributed by atoms with Crippen molar-refractivity contribution in [3.63, 3.8) is 0 Å². The first kappa shape index (κ1) is 14.7. The first-order chi connectivity index (χ1) is 9.30. The van der Waals surface area contributed by atoms with Gasteiger partial charge in [-0.25, -0.2) is 4.98 Å². The van der Waals surface area contributed by atoms with E-state index in [1.165, 1.54) is 11.0 Å². The summed E-state index contributed by atoms with van der Waals surface area (Å²) in [5.41, 5.74) is -1.46. The number of rotatable bonds is 2. The molecule has 20 heavy (non-hydrogen) atoms. The summed E-state index contributed by atoms with van der Waals surface area (Å²) in [4.78, 5) is 27.7. The van der Waals surface area contributed by atoms with Gasteiger partial charge in [-0.3, -0.25) is 14.9 Å². The molecular weight excluding hydrogens is 286 g/mol. The van der Waals surface area contributed by atoms with Crippen molar-refractivity contribution in [3.8, 4) is 0 Å². The molecule has 7 nitrogen and oxygen atoms in total. The average Bonchev–Trinajstić information content (AvgIpc) is 2.36. The summed E-state index contributed by atoms with van der Waals surface area (Å²) in [6.07, 6.45) is 2.21. The Labute approximate surface area is 120 Å². The Morgan fingerprint density at radius 3 is 2.95 bits per heavy atom. The maximum absolute atomic E-state index is 12.4. The second-order valence-corrected chi connectivity index (χ2v) is 5.50. The third kappa shape index (κ3) is 3.05. The molecule has 1 N–H and O–H groups in total. The highest BCUT2D eigenvalue weighted by Crippen LogP contribution is 2.26. The van der Waals surface area contributed by atoms with Crippen molar-refractivity contribution >= 4 is 23.2 Å². The largest absolute Gasteiger partial charge is 0.388 e. The predicted octanol–water partition coefficient (Wildman–Crippen LogP) is 1.63. The Kier molecular flexibility index (Phi) is 3.92. The maximum Gasteiger partial charge on any atom is 0.300 e. The lowest BCUT2D eigenvalue weighted by Gasteiger charge is -2.36. The molecule has 0 radical (unpaired) electrons. The Morgan fingerprint density at radius 1 is 1.65 bits per heavy atom. The van der Waals surface area contributed by atoms with E-state index in [4.69, 9.17) is 11.6 Å². The Bertz CT molecular complexity index is 562. The Balaban J connectivity index is 2.33. The quantitative estimate of drug-likeness (QED) is 0.508. The summed E-state index contributed by atoms with van der Waals surface area (Å²) in [5.74, 6) is -0.513. The maximum atomic E-state index is 12.4. The van der Waals surface area contributed by atoms with Crippen LogP contribution in [0.3, 0.4) is 0 Å². The van der Waals surface area contributed by atoms with Crippen LogP contribution in [0.5, 0.6) is 0 Å². The number of pyridine rings is 1. The van der Waals surface area contributed by atoms with Crippen LogP contribution in [0.25, 0.3) is 0 Å². The van der Waals surface area contributed by atoms with Gasteiger partial charge in [0, 0.05) is 13.1 Å². The third-order valence-corrected chi connectivity index (χ3v) is 3.45. The van der Waals surface area contributed by atoms with Gasteiger partial charge in [-0.15, -0.1) is 0 Å². The predicted molar refractivity (Wildman–Crippen MR) is 71.7 cm³/mol. The zero-order chi connectivity index (χ0) is 14.9. The highest BCUT2D eigenvalue weighted by molar-refractivity contribution is 6.29. The first-order valence-corrected chi connectivity index (χ1v) is 6.49. The fourth-order valence-electron chi connectivity index (χ4n) is 2.30. The van der Waals surface area contributed by atoms with Crippen LogP contribution < -0.4 is 0 Å². The van der Waals surface area contributed by atoms with Gasteiger partial charge < -0.3 is 10.0 Å². The Hall–Kier alpha value is -1.73. The van der Waals surface area contributed by atoms with Crippen molar-refractivity contribution in [2.75, 3.05) is 13.1 Å². The molecule has 1 aliphatic heterocycles. The molecule has 1 fully saturated rings. The summed E-state index contributed by atoms with van der Waals surface area (Å²) in [6, 6.07) is 1.19. The van der Waals surface area contributed by atoms with Gasteiger partial charge in [0.2, 0.25) is 0 Å². The molecule has 0 aliphatic carbocycles. The number of aromatic nitrogens is 1. The minimum absolute atomic E-state index is 0.0164. The number of hydrogen-bond acceptors (Lipinski definition) is 5. The van der Waals surface area contributed by atoms with Crippen LogP contribution in [0.1, 0.15) is 30.1 Å². The first-order valence-electron chi connectivity index (χ1n) is 6.12. The van der Waals surface area contributed by atoms with Crippen LogP contribution in [-0.2, 0) is 0 Å². The van der Waals surface area contributed by atoms with Crippen molar-refractivity contribution in [1.29, 1.82) is 0 Å². The SMILES string of the molecule is CC1(O)CCCN(C(=O)c2cc(Cl)ncc2[N+](=O)[O-])C1. The molecule has 1 saturated heterocycles. The summed E-state index contributed by atoms with van der Waals surface area (Å²) >= 11 is 5.71. The Morgan fingerprint density at radius 2 is 2.35 bits per heavy atom. The lowest BCUT2D eigenvalue weighted by Crippen LogP contribution is -2.48. The number of likely N-dealkylation sites (tertiary alicyclic amines) is 1. The monoisotopic (exact) mass is 299 g/mol. The second-order valence-electron chi connectivity index (χ2n) is 5.11. The lowest BCUT2D eigenvalue weighted by atomic mass is 9.94. The molecule has 0 saturated carbocycles. The average molecular weight is 300 g/mol. The number of halogens is 1. The molecule has 1 aromatic rings.